The highest BCUT2D eigenvalue weighted by atomic mass is 31.2. The molecule has 0 heterocycles. The third kappa shape index (κ3) is 18.1. The highest BCUT2D eigenvalue weighted by Gasteiger charge is 2.26. The summed E-state index contributed by atoms with van der Waals surface area (Å²) in [6.07, 6.45) is 16.5. The van der Waals surface area contributed by atoms with E-state index in [0.29, 0.717) is 19.4 Å². The molecule has 0 saturated carbocycles. The summed E-state index contributed by atoms with van der Waals surface area (Å²) in [5.41, 5.74) is 6.47. The smallest absolute Gasteiger partial charge is 0.472 e. The topological polar surface area (TPSA) is 108 Å². The third-order valence-corrected chi connectivity index (χ3v) is 7.85. The van der Waals surface area contributed by atoms with Crippen molar-refractivity contribution in [2.45, 2.75) is 123 Å². The van der Waals surface area contributed by atoms with Gasteiger partial charge in [-0.05, 0) is 43.4 Å². The van der Waals surface area contributed by atoms with Gasteiger partial charge in [-0.15, -0.1) is 0 Å². The van der Waals surface area contributed by atoms with Gasteiger partial charge in [0.2, 0.25) is 0 Å². The van der Waals surface area contributed by atoms with Gasteiger partial charge in [0.05, 0.1) is 19.3 Å². The standard InChI is InChI=1S/C30H54NO6P/c1-4-6-7-8-9-10-11-12-13-14-15-16-21-35-30-19-17-27(18-20-30)22-28(23-29(32)5-2)25-36-38(33,34)37-26(3)24-31/h17-20,26,28H,4-16,21-25,31H2,1-3H3,(H,33,34). The first-order valence-electron chi connectivity index (χ1n) is 14.9. The summed E-state index contributed by atoms with van der Waals surface area (Å²) in [4.78, 5) is 22.0. The molecule has 1 aromatic rings. The second-order valence-corrected chi connectivity index (χ2v) is 11.9. The van der Waals surface area contributed by atoms with Gasteiger partial charge in [0.25, 0.3) is 0 Å². The lowest BCUT2D eigenvalue weighted by Gasteiger charge is -2.20. The number of unbranched alkanes of at least 4 members (excludes halogenated alkanes) is 11. The normalized spacial score (nSPS) is 14.7. The summed E-state index contributed by atoms with van der Waals surface area (Å²) >= 11 is 0. The molecule has 1 aromatic carbocycles. The Labute approximate surface area is 231 Å². The van der Waals surface area contributed by atoms with E-state index in [2.05, 4.69) is 6.92 Å². The Balaban J connectivity index is 2.31. The molecule has 0 aromatic heterocycles. The van der Waals surface area contributed by atoms with Crippen LogP contribution in [0.4, 0.5) is 0 Å². The van der Waals surface area contributed by atoms with Gasteiger partial charge < -0.3 is 15.4 Å². The van der Waals surface area contributed by atoms with E-state index in [0.717, 1.165) is 17.7 Å². The number of rotatable bonds is 25. The lowest BCUT2D eigenvalue weighted by atomic mass is 9.94. The maximum absolute atomic E-state index is 12.2. The van der Waals surface area contributed by atoms with Crippen LogP contribution in [0, 0.1) is 5.92 Å². The Kier molecular flexibility index (Phi) is 19.7. The van der Waals surface area contributed by atoms with E-state index in [4.69, 9.17) is 19.5 Å². The summed E-state index contributed by atoms with van der Waals surface area (Å²) in [5, 5.41) is 0. The Morgan fingerprint density at radius 1 is 0.921 bits per heavy atom. The van der Waals surface area contributed by atoms with E-state index in [1.54, 1.807) is 6.92 Å². The zero-order chi connectivity index (χ0) is 28.1. The number of ketones is 1. The number of hydrogen-bond donors (Lipinski definition) is 2. The Hall–Kier alpha value is -1.24. The van der Waals surface area contributed by atoms with Crippen LogP contribution in [0.1, 0.15) is 116 Å². The SMILES string of the molecule is CCCCCCCCCCCCCCOc1ccc(CC(COP(=O)(O)OC(C)CN)CC(=O)CC)cc1. The average Bonchev–Trinajstić information content (AvgIpc) is 2.90. The van der Waals surface area contributed by atoms with Gasteiger partial charge in [-0.2, -0.15) is 0 Å². The van der Waals surface area contributed by atoms with E-state index in [1.165, 1.54) is 70.6 Å². The van der Waals surface area contributed by atoms with Gasteiger partial charge in [-0.3, -0.25) is 13.8 Å². The van der Waals surface area contributed by atoms with E-state index in [-0.39, 0.29) is 31.3 Å². The van der Waals surface area contributed by atoms with Crippen LogP contribution < -0.4 is 10.5 Å². The van der Waals surface area contributed by atoms with Crippen molar-refractivity contribution in [2.75, 3.05) is 19.8 Å². The largest absolute Gasteiger partial charge is 0.494 e. The van der Waals surface area contributed by atoms with Crippen molar-refractivity contribution in [1.29, 1.82) is 0 Å². The van der Waals surface area contributed by atoms with E-state index < -0.39 is 13.9 Å². The molecule has 0 radical (unpaired) electrons. The highest BCUT2D eigenvalue weighted by Crippen LogP contribution is 2.45. The summed E-state index contributed by atoms with van der Waals surface area (Å²) < 4.78 is 28.3. The van der Waals surface area contributed by atoms with E-state index >= 15 is 0 Å². The monoisotopic (exact) mass is 555 g/mol. The van der Waals surface area contributed by atoms with Crippen LogP contribution in [-0.2, 0) is 24.8 Å². The van der Waals surface area contributed by atoms with Crippen molar-refractivity contribution in [3.05, 3.63) is 29.8 Å². The number of nitrogens with two attached hydrogens (primary N) is 1. The number of benzene rings is 1. The molecule has 3 unspecified atom stereocenters. The molecule has 0 aliphatic rings. The summed E-state index contributed by atoms with van der Waals surface area (Å²) in [6, 6.07) is 7.84. The van der Waals surface area contributed by atoms with Gasteiger partial charge in [0.15, 0.2) is 0 Å². The number of phosphoric ester groups is 1. The number of phosphoric acid groups is 1. The lowest BCUT2D eigenvalue weighted by Crippen LogP contribution is -2.21. The first-order chi connectivity index (χ1) is 18.3. The molecule has 0 fully saturated rings. The minimum absolute atomic E-state index is 0.0476. The minimum atomic E-state index is -4.23. The molecule has 7 nitrogen and oxygen atoms in total. The Bertz CT molecular complexity index is 773. The molecule has 220 valence electrons. The number of hydrogen-bond acceptors (Lipinski definition) is 6. The van der Waals surface area contributed by atoms with Crippen LogP contribution >= 0.6 is 7.82 Å². The van der Waals surface area contributed by atoms with Crippen LogP contribution in [0.2, 0.25) is 0 Å². The van der Waals surface area contributed by atoms with Crippen molar-refractivity contribution in [3.63, 3.8) is 0 Å². The van der Waals surface area contributed by atoms with Crippen LogP contribution in [0.5, 0.6) is 5.75 Å². The molecule has 0 spiro atoms. The fourth-order valence-corrected chi connectivity index (χ4v) is 5.35. The number of ether oxygens (including phenoxy) is 1. The predicted molar refractivity (Wildman–Crippen MR) is 156 cm³/mol. The quantitative estimate of drug-likeness (QED) is 0.0937. The van der Waals surface area contributed by atoms with Gasteiger partial charge >= 0.3 is 7.82 Å². The second-order valence-electron chi connectivity index (χ2n) is 10.5. The molecule has 38 heavy (non-hydrogen) atoms. The number of carbonyl (C=O) groups excluding carboxylic acids is 1. The fourth-order valence-electron chi connectivity index (χ4n) is 4.34. The van der Waals surface area contributed by atoms with E-state index in [1.807, 2.05) is 31.2 Å². The first kappa shape index (κ1) is 34.8. The Morgan fingerprint density at radius 2 is 1.47 bits per heavy atom. The number of Topliss-reactive ketones (excluding diaryl/α,β-unsaturated/α-hetero) is 1. The lowest BCUT2D eigenvalue weighted by molar-refractivity contribution is -0.120. The first-order valence-corrected chi connectivity index (χ1v) is 16.4. The third-order valence-electron chi connectivity index (χ3n) is 6.74. The van der Waals surface area contributed by atoms with Crippen LogP contribution in [0.15, 0.2) is 24.3 Å². The molecule has 8 heteroatoms. The van der Waals surface area contributed by atoms with Crippen LogP contribution in [-0.4, -0.2) is 36.5 Å². The second kappa shape index (κ2) is 21.6. The van der Waals surface area contributed by atoms with Crippen molar-refractivity contribution in [3.8, 4) is 5.75 Å². The minimum Gasteiger partial charge on any atom is -0.494 e. The molecular formula is C30H54NO6P. The zero-order valence-electron chi connectivity index (χ0n) is 24.2. The van der Waals surface area contributed by atoms with Gasteiger partial charge in [0, 0.05) is 19.4 Å². The molecule has 0 bridgehead atoms. The van der Waals surface area contributed by atoms with E-state index in [9.17, 15) is 14.3 Å². The van der Waals surface area contributed by atoms with Gasteiger partial charge in [-0.1, -0.05) is 96.6 Å². The fraction of sp³-hybridized carbons (Fsp3) is 0.767. The molecule has 1 rings (SSSR count). The van der Waals surface area contributed by atoms with Crippen molar-refractivity contribution in [2.24, 2.45) is 11.7 Å². The molecule has 0 amide bonds. The highest BCUT2D eigenvalue weighted by molar-refractivity contribution is 7.47. The summed E-state index contributed by atoms with van der Waals surface area (Å²) in [5.74, 6) is 0.691. The average molecular weight is 556 g/mol. The predicted octanol–water partition coefficient (Wildman–Crippen LogP) is 7.78. The summed E-state index contributed by atoms with van der Waals surface area (Å²) in [7, 11) is -4.23. The van der Waals surface area contributed by atoms with Crippen molar-refractivity contribution < 1.29 is 28.0 Å². The Morgan fingerprint density at radius 3 is 2.00 bits per heavy atom. The zero-order valence-corrected chi connectivity index (χ0v) is 25.1. The molecule has 3 atom stereocenters. The molecular weight excluding hydrogens is 501 g/mol. The molecule has 0 saturated heterocycles. The van der Waals surface area contributed by atoms with Crippen LogP contribution in [0.25, 0.3) is 0 Å². The number of carbonyl (C=O) groups is 1. The maximum Gasteiger partial charge on any atom is 0.472 e. The maximum atomic E-state index is 12.2. The van der Waals surface area contributed by atoms with Crippen molar-refractivity contribution >= 4 is 13.6 Å². The molecule has 3 N–H and O–H groups in total. The van der Waals surface area contributed by atoms with Crippen molar-refractivity contribution in [1.82, 2.24) is 0 Å². The van der Waals surface area contributed by atoms with Crippen LogP contribution in [0.3, 0.4) is 0 Å². The van der Waals surface area contributed by atoms with Gasteiger partial charge in [0.1, 0.15) is 11.5 Å². The van der Waals surface area contributed by atoms with Gasteiger partial charge in [-0.25, -0.2) is 4.57 Å². The molecule has 0 aliphatic heterocycles. The molecule has 0 aliphatic carbocycles. The summed E-state index contributed by atoms with van der Waals surface area (Å²) in [6.45, 7) is 6.45.